The van der Waals surface area contributed by atoms with Gasteiger partial charge in [-0.2, -0.15) is 0 Å². The lowest BCUT2D eigenvalue weighted by atomic mass is 10.1. The third-order valence-corrected chi connectivity index (χ3v) is 4.57. The molecule has 126 valence electrons. The molecule has 0 aliphatic heterocycles. The van der Waals surface area contributed by atoms with E-state index in [1.807, 2.05) is 0 Å². The van der Waals surface area contributed by atoms with Crippen LogP contribution >= 0.6 is 31.9 Å². The summed E-state index contributed by atoms with van der Waals surface area (Å²) in [5, 5.41) is 3.21. The van der Waals surface area contributed by atoms with Crippen molar-refractivity contribution >= 4 is 60.2 Å². The van der Waals surface area contributed by atoms with Gasteiger partial charge in [0.1, 0.15) is 5.56 Å². The van der Waals surface area contributed by atoms with Crippen molar-refractivity contribution in [2.24, 2.45) is 0 Å². The van der Waals surface area contributed by atoms with E-state index in [2.05, 4.69) is 37.2 Å². The van der Waals surface area contributed by atoms with Crippen molar-refractivity contribution in [3.8, 4) is 0 Å². The van der Waals surface area contributed by atoms with Crippen molar-refractivity contribution in [3.63, 3.8) is 0 Å². The summed E-state index contributed by atoms with van der Waals surface area (Å²) in [5.41, 5.74) is 0.397. The van der Waals surface area contributed by atoms with Gasteiger partial charge in [0.05, 0.1) is 4.47 Å². The number of hydrogen-bond acceptors (Lipinski definition) is 4. The number of hydrogen-bond donors (Lipinski definition) is 1. The predicted molar refractivity (Wildman–Crippen MR) is 102 cm³/mol. The molecule has 0 fully saturated rings. The second-order valence-electron chi connectivity index (χ2n) is 5.34. The zero-order valence-corrected chi connectivity index (χ0v) is 16.1. The van der Waals surface area contributed by atoms with Crippen LogP contribution in [0, 0.1) is 0 Å². The molecule has 25 heavy (non-hydrogen) atoms. The molecule has 0 spiro atoms. The highest BCUT2D eigenvalue weighted by Crippen LogP contribution is 2.28. The van der Waals surface area contributed by atoms with Crippen molar-refractivity contribution in [1.29, 1.82) is 0 Å². The van der Waals surface area contributed by atoms with Crippen LogP contribution in [0.2, 0.25) is 0 Å². The zero-order chi connectivity index (χ0) is 18.1. The number of anilines is 1. The number of ketones is 1. The predicted octanol–water partition coefficient (Wildman–Crippen LogP) is 4.77. The summed E-state index contributed by atoms with van der Waals surface area (Å²) in [4.78, 5) is 36.0. The Morgan fingerprint density at radius 2 is 1.84 bits per heavy atom. The van der Waals surface area contributed by atoms with Crippen molar-refractivity contribution in [1.82, 2.24) is 0 Å². The lowest BCUT2D eigenvalue weighted by Gasteiger charge is -2.07. The third kappa shape index (κ3) is 3.72. The Morgan fingerprint density at radius 3 is 2.56 bits per heavy atom. The number of halogens is 2. The number of fused-ring (bicyclic) bond motifs is 1. The minimum Gasteiger partial charge on any atom is -0.421 e. The molecule has 0 unspecified atom stereocenters. The Hall–Kier alpha value is -2.25. The molecular weight excluding hydrogens is 454 g/mol. The minimum atomic E-state index is -0.740. The zero-order valence-electron chi connectivity index (χ0n) is 12.9. The average molecular weight is 465 g/mol. The van der Waals surface area contributed by atoms with Crippen LogP contribution in [0.1, 0.15) is 27.6 Å². The maximum absolute atomic E-state index is 12.5. The Kier molecular flexibility index (Phi) is 4.87. The normalized spacial score (nSPS) is 10.7. The number of benzene rings is 2. The van der Waals surface area contributed by atoms with Gasteiger partial charge in [-0.05, 0) is 53.2 Å². The van der Waals surface area contributed by atoms with Gasteiger partial charge in [0.25, 0.3) is 5.91 Å². The lowest BCUT2D eigenvalue weighted by molar-refractivity contribution is 0.100. The van der Waals surface area contributed by atoms with Gasteiger partial charge in [0, 0.05) is 21.1 Å². The number of carbonyl (C=O) groups excluding carboxylic acids is 2. The van der Waals surface area contributed by atoms with Crippen LogP contribution in [0.5, 0.6) is 0 Å². The monoisotopic (exact) mass is 463 g/mol. The van der Waals surface area contributed by atoms with Gasteiger partial charge in [-0.15, -0.1) is 0 Å². The first-order valence-corrected chi connectivity index (χ1v) is 8.79. The van der Waals surface area contributed by atoms with E-state index in [0.29, 0.717) is 26.7 Å². The first kappa shape index (κ1) is 17.6. The van der Waals surface area contributed by atoms with Crippen LogP contribution in [-0.4, -0.2) is 11.7 Å². The van der Waals surface area contributed by atoms with E-state index in [1.165, 1.54) is 13.0 Å². The van der Waals surface area contributed by atoms with Gasteiger partial charge in [-0.3, -0.25) is 9.59 Å². The van der Waals surface area contributed by atoms with Crippen LogP contribution in [0.25, 0.3) is 11.0 Å². The molecule has 0 radical (unpaired) electrons. The Balaban J connectivity index is 2.00. The van der Waals surface area contributed by atoms with Crippen molar-refractivity contribution in [3.05, 3.63) is 73.0 Å². The highest BCUT2D eigenvalue weighted by molar-refractivity contribution is 9.11. The molecule has 1 aromatic heterocycles. The average Bonchev–Trinajstić information content (AvgIpc) is 2.55. The van der Waals surface area contributed by atoms with Gasteiger partial charge >= 0.3 is 5.63 Å². The summed E-state index contributed by atoms with van der Waals surface area (Å²) in [5.74, 6) is -0.719. The summed E-state index contributed by atoms with van der Waals surface area (Å²) in [6, 6.07) is 11.5. The summed E-state index contributed by atoms with van der Waals surface area (Å²) in [6.45, 7) is 1.44. The molecule has 0 atom stereocenters. The van der Waals surface area contributed by atoms with Gasteiger partial charge in [0.2, 0.25) is 0 Å². The second kappa shape index (κ2) is 6.93. The summed E-state index contributed by atoms with van der Waals surface area (Å²) in [6.07, 6.45) is 0. The fourth-order valence-electron chi connectivity index (χ4n) is 2.33. The fraction of sp³-hybridized carbons (Fsp3) is 0.0556. The number of Topliss-reactive ketones (excluding diaryl/α,β-unsaturated/α-hetero) is 1. The maximum Gasteiger partial charge on any atom is 0.349 e. The summed E-state index contributed by atoms with van der Waals surface area (Å²) < 4.78 is 6.65. The molecule has 0 saturated carbocycles. The molecular formula is C18H11Br2NO4. The smallest absolute Gasteiger partial charge is 0.349 e. The quantitative estimate of drug-likeness (QED) is 0.447. The fourth-order valence-corrected chi connectivity index (χ4v) is 3.67. The number of carbonyl (C=O) groups is 2. The van der Waals surface area contributed by atoms with Gasteiger partial charge in [-0.25, -0.2) is 4.79 Å². The number of rotatable bonds is 3. The molecule has 1 amide bonds. The van der Waals surface area contributed by atoms with E-state index < -0.39 is 11.5 Å². The van der Waals surface area contributed by atoms with Gasteiger partial charge in [-0.1, -0.05) is 28.1 Å². The van der Waals surface area contributed by atoms with Gasteiger partial charge < -0.3 is 9.73 Å². The van der Waals surface area contributed by atoms with Gasteiger partial charge in [0.15, 0.2) is 11.4 Å². The van der Waals surface area contributed by atoms with Crippen LogP contribution in [0.3, 0.4) is 0 Å². The Bertz CT molecular complexity index is 1070. The Morgan fingerprint density at radius 1 is 1.08 bits per heavy atom. The molecule has 3 aromatic rings. The topological polar surface area (TPSA) is 76.4 Å². The van der Waals surface area contributed by atoms with E-state index in [0.717, 1.165) is 4.47 Å². The minimum absolute atomic E-state index is 0.115. The summed E-state index contributed by atoms with van der Waals surface area (Å²) in [7, 11) is 0. The van der Waals surface area contributed by atoms with Crippen molar-refractivity contribution < 1.29 is 14.0 Å². The van der Waals surface area contributed by atoms with Crippen LogP contribution in [-0.2, 0) is 0 Å². The molecule has 1 N–H and O–H groups in total. The first-order chi connectivity index (χ1) is 11.8. The lowest BCUT2D eigenvalue weighted by Crippen LogP contribution is -2.20. The molecule has 5 nitrogen and oxygen atoms in total. The summed E-state index contributed by atoms with van der Waals surface area (Å²) >= 11 is 6.68. The van der Waals surface area contributed by atoms with Crippen LogP contribution in [0.4, 0.5) is 5.69 Å². The van der Waals surface area contributed by atoms with Crippen molar-refractivity contribution in [2.75, 3.05) is 5.32 Å². The van der Waals surface area contributed by atoms with E-state index in [9.17, 15) is 14.4 Å². The van der Waals surface area contributed by atoms with E-state index in [1.54, 1.807) is 36.4 Å². The molecule has 0 aliphatic carbocycles. The van der Waals surface area contributed by atoms with Crippen molar-refractivity contribution in [2.45, 2.75) is 6.92 Å². The highest BCUT2D eigenvalue weighted by Gasteiger charge is 2.16. The molecule has 2 aromatic carbocycles. The largest absolute Gasteiger partial charge is 0.421 e. The standard InChI is InChI=1S/C18H11Br2NO4/c1-9(22)10-3-2-4-13(6-10)21-17(23)14-7-11-5-12(19)8-15(20)16(11)25-18(14)24/h2-8H,1H3,(H,21,23). The third-order valence-electron chi connectivity index (χ3n) is 3.52. The van der Waals surface area contributed by atoms with E-state index in [-0.39, 0.29) is 11.3 Å². The Labute approximate surface area is 159 Å². The number of nitrogens with one attached hydrogen (secondary N) is 1. The van der Waals surface area contributed by atoms with Crippen LogP contribution in [0.15, 0.2) is 60.6 Å². The molecule has 1 heterocycles. The number of amides is 1. The van der Waals surface area contributed by atoms with E-state index >= 15 is 0 Å². The molecule has 3 rings (SSSR count). The second-order valence-corrected chi connectivity index (χ2v) is 7.11. The SMILES string of the molecule is CC(=O)c1cccc(NC(=O)c2cc3cc(Br)cc(Br)c3oc2=O)c1. The highest BCUT2D eigenvalue weighted by atomic mass is 79.9. The molecule has 0 bridgehead atoms. The van der Waals surface area contributed by atoms with Crippen LogP contribution < -0.4 is 10.9 Å². The van der Waals surface area contributed by atoms with E-state index in [4.69, 9.17) is 4.42 Å². The molecule has 0 saturated heterocycles. The first-order valence-electron chi connectivity index (χ1n) is 7.20. The molecule has 7 heteroatoms. The maximum atomic E-state index is 12.5. The molecule has 0 aliphatic rings.